The van der Waals surface area contributed by atoms with Crippen molar-refractivity contribution in [3.63, 3.8) is 0 Å². The van der Waals surface area contributed by atoms with Crippen molar-refractivity contribution in [1.82, 2.24) is 4.90 Å². The van der Waals surface area contributed by atoms with Crippen LogP contribution >= 0.6 is 15.9 Å². The molecule has 1 amide bonds. The molecule has 2 rings (SSSR count). The molecule has 22 heavy (non-hydrogen) atoms. The summed E-state index contributed by atoms with van der Waals surface area (Å²) in [5.74, 6) is -0.333. The zero-order valence-corrected chi connectivity index (χ0v) is 14.4. The van der Waals surface area contributed by atoms with Gasteiger partial charge in [-0.05, 0) is 38.5 Å². The maximum atomic E-state index is 12.1. The number of carbonyl (C=O) groups is 1. The van der Waals surface area contributed by atoms with Crippen molar-refractivity contribution in [2.24, 2.45) is 0 Å². The Balaban J connectivity index is 2.20. The molecule has 1 aromatic rings. The van der Waals surface area contributed by atoms with E-state index in [0.29, 0.717) is 0 Å². The molecule has 0 bridgehead atoms. The van der Waals surface area contributed by atoms with E-state index in [1.807, 2.05) is 24.3 Å². The molecule has 7 heteroatoms. The van der Waals surface area contributed by atoms with Gasteiger partial charge in [-0.15, -0.1) is 0 Å². The fraction of sp³-hybridized carbons (Fsp3) is 0.533. The first-order valence-electron chi connectivity index (χ1n) is 7.04. The fourth-order valence-electron chi connectivity index (χ4n) is 2.54. The van der Waals surface area contributed by atoms with E-state index in [4.69, 9.17) is 4.74 Å². The van der Waals surface area contributed by atoms with Gasteiger partial charge in [0.25, 0.3) is 0 Å². The number of nitro groups is 1. The van der Waals surface area contributed by atoms with Crippen molar-refractivity contribution in [2.45, 2.75) is 38.3 Å². The van der Waals surface area contributed by atoms with Gasteiger partial charge in [0.1, 0.15) is 5.60 Å². The van der Waals surface area contributed by atoms with Gasteiger partial charge in [0, 0.05) is 15.9 Å². The summed E-state index contributed by atoms with van der Waals surface area (Å²) in [6.07, 6.45) is -0.503. The Bertz CT molecular complexity index is 585. The molecule has 0 aromatic heterocycles. The molecule has 6 nitrogen and oxygen atoms in total. The van der Waals surface area contributed by atoms with Crippen molar-refractivity contribution in [3.05, 3.63) is 44.4 Å². The Kier molecular flexibility index (Phi) is 4.75. The van der Waals surface area contributed by atoms with Crippen molar-refractivity contribution < 1.29 is 14.5 Å². The smallest absolute Gasteiger partial charge is 0.410 e. The quantitative estimate of drug-likeness (QED) is 0.590. The van der Waals surface area contributed by atoms with Crippen LogP contribution in [-0.4, -0.2) is 40.6 Å². The lowest BCUT2D eigenvalue weighted by atomic mass is 9.95. The number of ether oxygens (including phenoxy) is 1. The van der Waals surface area contributed by atoms with Crippen LogP contribution in [-0.2, 0) is 4.74 Å². The Labute approximate surface area is 137 Å². The van der Waals surface area contributed by atoms with Gasteiger partial charge in [0.15, 0.2) is 0 Å². The number of hydrogen-bond donors (Lipinski definition) is 0. The van der Waals surface area contributed by atoms with Crippen LogP contribution in [0.1, 0.15) is 32.3 Å². The largest absolute Gasteiger partial charge is 0.444 e. The maximum absolute atomic E-state index is 12.1. The average Bonchev–Trinajstić information content (AvgIpc) is 2.82. The SMILES string of the molecule is CC(C)(C)OC(=O)N1CC(c2cccc(Br)c2)C([N+](=O)[O-])C1. The minimum atomic E-state index is -0.818. The van der Waals surface area contributed by atoms with Crippen LogP contribution in [0.5, 0.6) is 0 Å². The maximum Gasteiger partial charge on any atom is 0.410 e. The molecule has 0 aliphatic carbocycles. The van der Waals surface area contributed by atoms with E-state index in [0.717, 1.165) is 10.0 Å². The summed E-state index contributed by atoms with van der Waals surface area (Å²) < 4.78 is 6.18. The second-order valence-electron chi connectivity index (χ2n) is 6.40. The van der Waals surface area contributed by atoms with E-state index < -0.39 is 17.7 Å². The van der Waals surface area contributed by atoms with Crippen LogP contribution in [0.2, 0.25) is 0 Å². The van der Waals surface area contributed by atoms with Gasteiger partial charge in [0.05, 0.1) is 12.5 Å². The summed E-state index contributed by atoms with van der Waals surface area (Å²) in [6, 6.07) is 6.60. The zero-order chi connectivity index (χ0) is 16.5. The lowest BCUT2D eigenvalue weighted by Crippen LogP contribution is -2.36. The lowest BCUT2D eigenvalue weighted by molar-refractivity contribution is -0.520. The lowest BCUT2D eigenvalue weighted by Gasteiger charge is -2.24. The topological polar surface area (TPSA) is 72.7 Å². The van der Waals surface area contributed by atoms with E-state index >= 15 is 0 Å². The Morgan fingerprint density at radius 3 is 2.64 bits per heavy atom. The second kappa shape index (κ2) is 6.24. The highest BCUT2D eigenvalue weighted by atomic mass is 79.9. The molecule has 2 unspecified atom stereocenters. The molecule has 2 atom stereocenters. The molecule has 1 aromatic carbocycles. The summed E-state index contributed by atoms with van der Waals surface area (Å²) in [5, 5.41) is 11.3. The van der Waals surface area contributed by atoms with Gasteiger partial charge in [-0.1, -0.05) is 28.1 Å². The van der Waals surface area contributed by atoms with Crippen LogP contribution < -0.4 is 0 Å². The number of benzene rings is 1. The van der Waals surface area contributed by atoms with Crippen molar-refractivity contribution in [1.29, 1.82) is 0 Å². The van der Waals surface area contributed by atoms with E-state index in [1.165, 1.54) is 4.90 Å². The number of carbonyl (C=O) groups excluding carboxylic acids is 1. The highest BCUT2D eigenvalue weighted by Gasteiger charge is 2.44. The molecule has 0 spiro atoms. The number of halogens is 1. The van der Waals surface area contributed by atoms with E-state index in [9.17, 15) is 14.9 Å². The van der Waals surface area contributed by atoms with Crippen LogP contribution in [0.15, 0.2) is 28.7 Å². The van der Waals surface area contributed by atoms with Crippen LogP contribution in [0.3, 0.4) is 0 Å². The van der Waals surface area contributed by atoms with Crippen LogP contribution in [0.25, 0.3) is 0 Å². The number of hydrogen-bond acceptors (Lipinski definition) is 4. The van der Waals surface area contributed by atoms with Gasteiger partial charge in [-0.25, -0.2) is 4.79 Å². The van der Waals surface area contributed by atoms with E-state index in [1.54, 1.807) is 20.8 Å². The van der Waals surface area contributed by atoms with Crippen molar-refractivity contribution in [2.75, 3.05) is 13.1 Å². The highest BCUT2D eigenvalue weighted by molar-refractivity contribution is 9.10. The predicted octanol–water partition coefficient (Wildman–Crippen LogP) is 3.43. The summed E-state index contributed by atoms with van der Waals surface area (Å²) in [5.41, 5.74) is 0.233. The van der Waals surface area contributed by atoms with Gasteiger partial charge in [0.2, 0.25) is 6.04 Å². The molecule has 0 radical (unpaired) electrons. The van der Waals surface area contributed by atoms with E-state index in [2.05, 4.69) is 15.9 Å². The Morgan fingerprint density at radius 2 is 2.09 bits per heavy atom. The highest BCUT2D eigenvalue weighted by Crippen LogP contribution is 2.31. The molecule has 1 aliphatic rings. The van der Waals surface area contributed by atoms with Crippen LogP contribution in [0, 0.1) is 10.1 Å². The van der Waals surface area contributed by atoms with Gasteiger partial charge in [-0.2, -0.15) is 0 Å². The third-order valence-electron chi connectivity index (χ3n) is 3.49. The summed E-state index contributed by atoms with van der Waals surface area (Å²) in [4.78, 5) is 24.6. The van der Waals surface area contributed by atoms with Gasteiger partial charge in [-0.3, -0.25) is 10.1 Å². The molecule has 0 saturated carbocycles. The molecule has 1 fully saturated rings. The molecular weight excluding hydrogens is 352 g/mol. The molecule has 0 N–H and O–H groups in total. The zero-order valence-electron chi connectivity index (χ0n) is 12.8. The van der Waals surface area contributed by atoms with Crippen LogP contribution in [0.4, 0.5) is 4.79 Å². The third kappa shape index (κ3) is 3.97. The summed E-state index contributed by atoms with van der Waals surface area (Å²) >= 11 is 3.37. The average molecular weight is 371 g/mol. The summed E-state index contributed by atoms with van der Waals surface area (Å²) in [7, 11) is 0. The standard InChI is InChI=1S/C15H19BrN2O4/c1-15(2,3)22-14(19)17-8-12(13(9-17)18(20)21)10-5-4-6-11(16)7-10/h4-7,12-13H,8-9H2,1-3H3. The number of amides is 1. The minimum absolute atomic E-state index is 0.0685. The minimum Gasteiger partial charge on any atom is -0.444 e. The fourth-order valence-corrected chi connectivity index (χ4v) is 2.96. The number of rotatable bonds is 2. The number of nitrogens with zero attached hydrogens (tertiary/aromatic N) is 2. The molecule has 1 aliphatic heterocycles. The van der Waals surface area contributed by atoms with Crippen molar-refractivity contribution in [3.8, 4) is 0 Å². The summed E-state index contributed by atoms with van der Waals surface area (Å²) in [6.45, 7) is 5.68. The first-order chi connectivity index (χ1) is 10.2. The third-order valence-corrected chi connectivity index (χ3v) is 3.98. The monoisotopic (exact) mass is 370 g/mol. The number of likely N-dealkylation sites (tertiary alicyclic amines) is 1. The first kappa shape index (κ1) is 16.7. The van der Waals surface area contributed by atoms with Crippen molar-refractivity contribution >= 4 is 22.0 Å². The molecule has 1 saturated heterocycles. The Hall–Kier alpha value is -1.63. The molecular formula is C15H19BrN2O4. The first-order valence-corrected chi connectivity index (χ1v) is 7.83. The van der Waals surface area contributed by atoms with E-state index in [-0.39, 0.29) is 23.9 Å². The second-order valence-corrected chi connectivity index (χ2v) is 7.32. The molecule has 120 valence electrons. The Morgan fingerprint density at radius 1 is 1.41 bits per heavy atom. The predicted molar refractivity (Wildman–Crippen MR) is 85.5 cm³/mol. The normalized spacial score (nSPS) is 21.7. The van der Waals surface area contributed by atoms with Gasteiger partial charge >= 0.3 is 6.09 Å². The van der Waals surface area contributed by atoms with Gasteiger partial charge < -0.3 is 9.64 Å². The molecule has 1 heterocycles.